The third-order valence-electron chi connectivity index (χ3n) is 15.9. The van der Waals surface area contributed by atoms with Crippen molar-refractivity contribution < 1.29 is 93.8 Å². The second-order valence-electron chi connectivity index (χ2n) is 23.5. The number of alkyl carbamates (subject to hydrolysis) is 2. The topological polar surface area (TPSA) is 295 Å². The fourth-order valence-corrected chi connectivity index (χ4v) is 14.6. The summed E-state index contributed by atoms with van der Waals surface area (Å²) in [6, 6.07) is 30.5. The molecule has 4 saturated heterocycles. The molecular formula is C63H78N4O20S2. The number of carbonyl (C=O) groups is 2. The van der Waals surface area contributed by atoms with Gasteiger partial charge < -0.3 is 78.1 Å². The summed E-state index contributed by atoms with van der Waals surface area (Å²) in [7, 11) is -8.12. The van der Waals surface area contributed by atoms with E-state index in [4.69, 9.17) is 52.1 Å². The summed E-state index contributed by atoms with van der Waals surface area (Å²) in [5.41, 5.74) is 2.56. The van der Waals surface area contributed by atoms with E-state index in [0.717, 1.165) is 23.1 Å². The van der Waals surface area contributed by atoms with Gasteiger partial charge in [-0.1, -0.05) is 82.3 Å². The van der Waals surface area contributed by atoms with E-state index < -0.39 is 81.3 Å². The molecule has 26 heteroatoms. The minimum Gasteiger partial charge on any atom is -0.508 e. The predicted octanol–water partition coefficient (Wildman–Crippen LogP) is 6.33. The Hall–Kier alpha value is -6.98. The monoisotopic (exact) mass is 1270 g/mol. The van der Waals surface area contributed by atoms with Crippen molar-refractivity contribution in [2.45, 2.75) is 119 Å². The minimum absolute atomic E-state index is 0.00613. The first kappa shape index (κ1) is 65.0. The van der Waals surface area contributed by atoms with Gasteiger partial charge in [0.05, 0.1) is 72.3 Å². The summed E-state index contributed by atoms with van der Waals surface area (Å²) >= 11 is 0. The molecule has 482 valence electrons. The van der Waals surface area contributed by atoms with E-state index in [2.05, 4.69) is 10.6 Å². The molecule has 2 amide bonds. The molecular weight excluding hydrogens is 1200 g/mol. The summed E-state index contributed by atoms with van der Waals surface area (Å²) in [6.07, 6.45) is -4.04. The van der Waals surface area contributed by atoms with Crippen LogP contribution in [0.2, 0.25) is 0 Å². The molecule has 6 heterocycles. The van der Waals surface area contributed by atoms with Gasteiger partial charge in [0.2, 0.25) is 33.6 Å². The summed E-state index contributed by atoms with van der Waals surface area (Å²) in [5, 5.41) is 38.3. The average molecular weight is 1280 g/mol. The molecule has 5 N–H and O–H groups in total. The van der Waals surface area contributed by atoms with Gasteiger partial charge in [0.25, 0.3) is 0 Å². The van der Waals surface area contributed by atoms with Crippen molar-refractivity contribution >= 4 is 32.2 Å². The number of phenolic OH excluding ortho intramolecular Hbond substituents is 1. The first-order valence-electron chi connectivity index (χ1n) is 29.9. The lowest BCUT2D eigenvalue weighted by molar-refractivity contribution is -0.0909. The molecule has 6 aliphatic heterocycles. The van der Waals surface area contributed by atoms with E-state index in [-0.39, 0.29) is 105 Å². The van der Waals surface area contributed by atoms with Crippen LogP contribution >= 0.6 is 0 Å². The van der Waals surface area contributed by atoms with E-state index >= 15 is 0 Å². The molecule has 10 atom stereocenters. The lowest BCUT2D eigenvalue weighted by Gasteiger charge is -2.31. The number of aliphatic hydroxyl groups is 2. The van der Waals surface area contributed by atoms with Crippen LogP contribution in [-0.4, -0.2) is 168 Å². The first-order chi connectivity index (χ1) is 42.7. The fourth-order valence-electron chi connectivity index (χ4n) is 11.3. The highest BCUT2D eigenvalue weighted by Gasteiger charge is 2.46. The number of fused-ring (bicyclic) bond motifs is 4. The molecule has 0 aliphatic carbocycles. The number of hydrogen-bond donors (Lipinski definition) is 5. The summed E-state index contributed by atoms with van der Waals surface area (Å²) in [4.78, 5) is 26.3. The largest absolute Gasteiger partial charge is 0.508 e. The van der Waals surface area contributed by atoms with Gasteiger partial charge in [0, 0.05) is 38.3 Å². The Balaban J connectivity index is 0.000000199. The zero-order valence-electron chi connectivity index (χ0n) is 50.0. The summed E-state index contributed by atoms with van der Waals surface area (Å²) in [6.45, 7) is 9.18. The number of benzene rings is 5. The maximum atomic E-state index is 13.9. The molecule has 4 fully saturated rings. The molecule has 0 spiro atoms. The Kier molecular flexibility index (Phi) is 21.4. The van der Waals surface area contributed by atoms with Crippen LogP contribution in [0.4, 0.5) is 9.59 Å². The minimum atomic E-state index is -4.06. The van der Waals surface area contributed by atoms with Crippen molar-refractivity contribution in [2.75, 3.05) is 66.2 Å². The van der Waals surface area contributed by atoms with Gasteiger partial charge in [0.1, 0.15) is 30.3 Å². The quantitative estimate of drug-likeness (QED) is 0.0426. The Morgan fingerprint density at radius 1 is 0.551 bits per heavy atom. The number of carbonyl (C=O) groups excluding carboxylic acids is 2. The van der Waals surface area contributed by atoms with Gasteiger partial charge in [-0.15, -0.1) is 0 Å². The van der Waals surface area contributed by atoms with Crippen molar-refractivity contribution in [3.05, 3.63) is 132 Å². The Bertz CT molecular complexity index is 3400. The maximum absolute atomic E-state index is 13.9. The third-order valence-corrected chi connectivity index (χ3v) is 19.6. The molecule has 89 heavy (non-hydrogen) atoms. The van der Waals surface area contributed by atoms with Gasteiger partial charge in [-0.05, 0) is 103 Å². The SMILES string of the molecule is CC(C)CN(C[C@@H](O)[C@H](Cc1ccc(O)cc1)NC(=O)O[C@@H]1CO[C@H]2OCC[C@H]21)S(=O)(=O)c1ccc2c(c1)OCO2.CC(C)CN(C[C@@H](O)[C@H](Cc1ccc(OCc2ccccc2)cc1)NC(=O)O[C@@H]1CO[C@H]2OCC[C@H]21)S(=O)(=O)c1ccc2c(c1)OCO2. The van der Waals surface area contributed by atoms with Gasteiger partial charge in [-0.25, -0.2) is 26.4 Å². The highest BCUT2D eigenvalue weighted by molar-refractivity contribution is 7.89. The zero-order chi connectivity index (χ0) is 62.8. The van der Waals surface area contributed by atoms with Gasteiger partial charge in [-0.3, -0.25) is 0 Å². The molecule has 6 aliphatic rings. The normalized spacial score (nSPS) is 22.0. The van der Waals surface area contributed by atoms with Crippen LogP contribution in [0.15, 0.2) is 125 Å². The maximum Gasteiger partial charge on any atom is 0.407 e. The molecule has 0 unspecified atom stereocenters. The Morgan fingerprint density at radius 2 is 0.989 bits per heavy atom. The number of phenols is 1. The van der Waals surface area contributed by atoms with Crippen LogP contribution in [-0.2, 0) is 67.9 Å². The smallest absolute Gasteiger partial charge is 0.407 e. The third kappa shape index (κ3) is 16.7. The molecule has 0 radical (unpaired) electrons. The molecule has 11 rings (SSSR count). The van der Waals surface area contributed by atoms with Crippen molar-refractivity contribution in [3.63, 3.8) is 0 Å². The second-order valence-corrected chi connectivity index (χ2v) is 27.4. The molecule has 0 aromatic heterocycles. The van der Waals surface area contributed by atoms with E-state index in [1.807, 2.05) is 82.3 Å². The van der Waals surface area contributed by atoms with Crippen molar-refractivity contribution in [2.24, 2.45) is 23.7 Å². The van der Waals surface area contributed by atoms with E-state index in [1.54, 1.807) is 18.2 Å². The van der Waals surface area contributed by atoms with Crippen molar-refractivity contribution in [3.8, 4) is 34.5 Å². The van der Waals surface area contributed by atoms with Crippen LogP contribution in [0.1, 0.15) is 57.2 Å². The van der Waals surface area contributed by atoms with Crippen molar-refractivity contribution in [1.82, 2.24) is 19.2 Å². The summed E-state index contributed by atoms with van der Waals surface area (Å²) < 4.78 is 119. The molecule has 24 nitrogen and oxygen atoms in total. The summed E-state index contributed by atoms with van der Waals surface area (Å²) in [5.74, 6) is 2.11. The Morgan fingerprint density at radius 3 is 1.44 bits per heavy atom. The second kappa shape index (κ2) is 29.3. The van der Waals surface area contributed by atoms with Gasteiger partial charge >= 0.3 is 12.2 Å². The van der Waals surface area contributed by atoms with Crippen LogP contribution in [0.3, 0.4) is 0 Å². The van der Waals surface area contributed by atoms with E-state index in [1.165, 1.54) is 51.1 Å². The fraction of sp³-hybridized carbons (Fsp3) is 0.492. The van der Waals surface area contributed by atoms with Crippen LogP contribution in [0, 0.1) is 23.7 Å². The number of hydrogen-bond acceptors (Lipinski definition) is 20. The lowest BCUT2D eigenvalue weighted by atomic mass is 10.0. The number of nitrogens with zero attached hydrogens (tertiary/aromatic N) is 2. The Labute approximate surface area is 518 Å². The number of aliphatic hydroxyl groups excluding tert-OH is 2. The van der Waals surface area contributed by atoms with Crippen LogP contribution in [0.25, 0.3) is 0 Å². The van der Waals surface area contributed by atoms with Gasteiger partial charge in [0.15, 0.2) is 35.6 Å². The standard InChI is InChI=1S/C35H42N2O10S.C28H36N2O10S/c1-23(2)18-37(48(40,41)27-12-13-31-32(17-27)46-22-45-31)19-30(38)29(36-35(39)47-33-21-44-34-28(33)14-15-42-34)16-24-8-10-26(11-9-24)43-20-25-6-4-3-5-7-25;1-17(2)13-30(41(34,35)20-7-8-24-25(12-20)39-16-38-24)14-23(32)22(11-18-3-5-19(31)6-4-18)29-28(33)40-26-15-37-27-21(26)9-10-36-27/h3-13,17,23,28-30,33-34,38H,14-16,18-22H2,1-2H3,(H,36,39);3-8,12,17,21-23,26-27,31-32H,9-11,13-16H2,1-2H3,(H,29,33)/t28-,29-,30+,33+,34+;21-,22-,23+,26+,27+/m00/s1. The predicted molar refractivity (Wildman–Crippen MR) is 319 cm³/mol. The zero-order valence-corrected chi connectivity index (χ0v) is 51.6. The number of nitrogens with one attached hydrogen (secondary N) is 2. The number of ether oxygens (including phenoxy) is 11. The number of amides is 2. The van der Waals surface area contributed by atoms with Crippen LogP contribution < -0.4 is 34.3 Å². The highest BCUT2D eigenvalue weighted by Crippen LogP contribution is 2.38. The van der Waals surface area contributed by atoms with Crippen LogP contribution in [0.5, 0.6) is 34.5 Å². The number of rotatable bonds is 25. The molecule has 5 aromatic carbocycles. The lowest BCUT2D eigenvalue weighted by Crippen LogP contribution is -2.51. The number of aromatic hydroxyl groups is 1. The van der Waals surface area contributed by atoms with Gasteiger partial charge in [-0.2, -0.15) is 8.61 Å². The first-order valence-corrected chi connectivity index (χ1v) is 32.7. The highest BCUT2D eigenvalue weighted by atomic mass is 32.2. The van der Waals surface area contributed by atoms with E-state index in [0.29, 0.717) is 55.0 Å². The number of sulfonamides is 2. The van der Waals surface area contributed by atoms with Crippen molar-refractivity contribution in [1.29, 1.82) is 0 Å². The van der Waals surface area contributed by atoms with E-state index in [9.17, 15) is 41.7 Å². The molecule has 5 aromatic rings. The molecule has 0 bridgehead atoms. The molecule has 0 saturated carbocycles. The average Bonchev–Trinajstić information content (AvgIpc) is 2.03.